The molecule has 11 heteroatoms. The lowest BCUT2D eigenvalue weighted by atomic mass is 9.85. The second-order valence-electron chi connectivity index (χ2n) is 18.7. The Kier molecular flexibility index (Phi) is 13.2. The molecule has 0 N–H and O–H groups in total. The molecule has 2 amide bonds. The van der Waals surface area contributed by atoms with Crippen LogP contribution in [0.15, 0.2) is 41.2 Å². The van der Waals surface area contributed by atoms with Gasteiger partial charge in [-0.1, -0.05) is 24.3 Å². The van der Waals surface area contributed by atoms with Crippen molar-refractivity contribution < 1.29 is 38.1 Å². The Morgan fingerprint density at radius 2 is 1.17 bits per heavy atom. The minimum Gasteiger partial charge on any atom is -0.460 e. The van der Waals surface area contributed by atoms with Gasteiger partial charge in [-0.15, -0.1) is 0 Å². The van der Waals surface area contributed by atoms with Crippen LogP contribution in [0.25, 0.3) is 5.57 Å². The highest BCUT2D eigenvalue weighted by atomic mass is 32.2. The Morgan fingerprint density at radius 3 is 1.66 bits per heavy atom. The van der Waals surface area contributed by atoms with Gasteiger partial charge in [0.2, 0.25) is 0 Å². The maximum absolute atomic E-state index is 13.7. The van der Waals surface area contributed by atoms with Gasteiger partial charge in [0.05, 0.1) is 11.8 Å². The number of carbonyl (C=O) groups is 4. The highest BCUT2D eigenvalue weighted by molar-refractivity contribution is 8.22. The Hall–Kier alpha value is -3.47. The number of thiol groups is 1. The second-order valence-corrected chi connectivity index (χ2v) is 20.7. The summed E-state index contributed by atoms with van der Waals surface area (Å²) in [6.45, 7) is 24.4. The van der Waals surface area contributed by atoms with Crippen LogP contribution in [0, 0.1) is 23.7 Å². The van der Waals surface area contributed by atoms with Gasteiger partial charge in [-0.3, -0.25) is 9.59 Å². The van der Waals surface area contributed by atoms with Crippen LogP contribution in [0.4, 0.5) is 9.59 Å². The van der Waals surface area contributed by atoms with Crippen LogP contribution in [0.3, 0.4) is 0 Å². The zero-order valence-electron chi connectivity index (χ0n) is 34.1. The van der Waals surface area contributed by atoms with Crippen LogP contribution in [0.5, 0.6) is 0 Å². The van der Waals surface area contributed by atoms with Crippen LogP contribution in [-0.2, 0) is 35.0 Å². The van der Waals surface area contributed by atoms with E-state index in [1.807, 2.05) is 95.2 Å². The van der Waals surface area contributed by atoms with Crippen molar-refractivity contribution >= 4 is 40.6 Å². The lowest BCUT2D eigenvalue weighted by Crippen LogP contribution is -2.38. The monoisotopic (exact) mass is 756 g/mol. The third kappa shape index (κ3) is 13.1. The Bertz CT molecular complexity index is 1560. The molecule has 0 saturated carbocycles. The molecule has 2 fully saturated rings. The largest absolute Gasteiger partial charge is 0.460 e. The quantitative estimate of drug-likeness (QED) is 0.152. The van der Waals surface area contributed by atoms with Crippen LogP contribution in [-0.4, -0.2) is 88.3 Å². The van der Waals surface area contributed by atoms with Crippen molar-refractivity contribution in [1.82, 2.24) is 9.80 Å². The molecule has 1 unspecified atom stereocenters. The van der Waals surface area contributed by atoms with Crippen LogP contribution < -0.4 is 0 Å². The molecular formula is C42H64N2O8S. The first-order valence-electron chi connectivity index (χ1n) is 19.0. The average Bonchev–Trinajstić information content (AvgIpc) is 3.77. The average molecular weight is 757 g/mol. The maximum atomic E-state index is 13.7. The highest BCUT2D eigenvalue weighted by Crippen LogP contribution is 2.44. The number of allylic oxidation sites excluding steroid dienone is 2. The van der Waals surface area contributed by atoms with Gasteiger partial charge in [0.15, 0.2) is 0 Å². The van der Waals surface area contributed by atoms with Crippen molar-refractivity contribution in [2.75, 3.05) is 31.9 Å². The number of rotatable bonds is 9. The topological polar surface area (TPSA) is 112 Å². The molecule has 0 aromatic heterocycles. The van der Waals surface area contributed by atoms with Gasteiger partial charge >= 0.3 is 24.1 Å². The predicted molar refractivity (Wildman–Crippen MR) is 212 cm³/mol. The van der Waals surface area contributed by atoms with Crippen molar-refractivity contribution in [2.45, 2.75) is 125 Å². The Balaban J connectivity index is 1.50. The summed E-state index contributed by atoms with van der Waals surface area (Å²) in [5, 5.41) is 4.45. The first kappa shape index (κ1) is 42.3. The molecule has 5 atom stereocenters. The minimum atomic E-state index is -0.772. The second kappa shape index (κ2) is 16.5. The van der Waals surface area contributed by atoms with Gasteiger partial charge < -0.3 is 28.7 Å². The summed E-state index contributed by atoms with van der Waals surface area (Å²) in [5.74, 6) is -0.727. The van der Waals surface area contributed by atoms with E-state index in [0.717, 1.165) is 16.7 Å². The van der Waals surface area contributed by atoms with E-state index < -0.39 is 39.2 Å². The molecular weight excluding hydrogens is 693 g/mol. The van der Waals surface area contributed by atoms with Gasteiger partial charge in [-0.2, -0.15) is 0 Å². The third-order valence-corrected chi connectivity index (χ3v) is 11.1. The first-order valence-corrected chi connectivity index (χ1v) is 20.7. The molecule has 296 valence electrons. The fourth-order valence-electron chi connectivity index (χ4n) is 6.91. The number of likely N-dealkylation sites (tertiary alicyclic amines) is 2. The number of nitrogens with zero attached hydrogens (tertiary/aromatic N) is 2. The van der Waals surface area contributed by atoms with Gasteiger partial charge in [-0.05, 0) is 154 Å². The fraction of sp³-hybridized carbons (Fsp3) is 0.667. The highest BCUT2D eigenvalue weighted by Gasteiger charge is 2.41. The maximum Gasteiger partial charge on any atom is 0.410 e. The van der Waals surface area contributed by atoms with E-state index in [9.17, 15) is 19.2 Å². The molecule has 10 nitrogen and oxygen atoms in total. The Labute approximate surface area is 320 Å². The molecule has 2 saturated heterocycles. The number of benzene rings is 1. The Morgan fingerprint density at radius 1 is 0.698 bits per heavy atom. The number of amides is 2. The van der Waals surface area contributed by atoms with Gasteiger partial charge in [0.25, 0.3) is 0 Å². The smallest absolute Gasteiger partial charge is 0.410 e. The lowest BCUT2D eigenvalue weighted by molar-refractivity contribution is -0.162. The summed E-state index contributed by atoms with van der Waals surface area (Å²) in [5.41, 5.74) is 0.683. The minimum absolute atomic E-state index is 0.0272. The van der Waals surface area contributed by atoms with E-state index in [1.54, 1.807) is 9.80 Å². The van der Waals surface area contributed by atoms with E-state index in [0.29, 0.717) is 51.2 Å². The lowest BCUT2D eigenvalue weighted by Gasteiger charge is -2.29. The molecule has 0 spiro atoms. The summed E-state index contributed by atoms with van der Waals surface area (Å²) in [6, 6.07) is 8.26. The SMILES string of the molecule is CC(C)(C)OC(=O)[C@@H](Cc1cccc(C2=C[SH](C[C@H](C(=O)OC(C)(C)C)[C@H]3CCN(C(=O)OC(C)(C)C)C3)C=C2)c1)[C@H]1CCN(C(=O)OC(C)(C)C)C1. The standard InChI is InChI=1S/C42H64N2O8S/c1-39(2,3)49-35(45)33(30-16-19-43(24-30)37(47)51-41(7,8)9)23-28-14-13-15-29(22-28)32-18-21-53(26-32)27-34(36(46)50-40(4,5)6)31-17-20-44(25-31)38(48)52-42(10,11)12/h13-15,18,21-22,26,30-31,33-34,53H,16-17,19-20,23-25,27H2,1-12H3/t30-,31-,33-,34-/m0/s1. The van der Waals surface area contributed by atoms with E-state index in [-0.39, 0.29) is 41.9 Å². The molecule has 4 rings (SSSR count). The third-order valence-electron chi connectivity index (χ3n) is 9.18. The van der Waals surface area contributed by atoms with Gasteiger partial charge in [-0.25, -0.2) is 20.5 Å². The molecule has 0 aliphatic carbocycles. The van der Waals surface area contributed by atoms with E-state index in [4.69, 9.17) is 18.9 Å². The summed E-state index contributed by atoms with van der Waals surface area (Å²) in [4.78, 5) is 56.4. The molecule has 0 bridgehead atoms. The number of carbonyl (C=O) groups excluding carboxylic acids is 4. The van der Waals surface area contributed by atoms with Crippen molar-refractivity contribution in [2.24, 2.45) is 23.7 Å². The van der Waals surface area contributed by atoms with Gasteiger partial charge in [0, 0.05) is 26.2 Å². The number of ether oxygens (including phenoxy) is 4. The van der Waals surface area contributed by atoms with E-state index in [1.165, 1.54) is 0 Å². The van der Waals surface area contributed by atoms with Crippen LogP contribution in [0.2, 0.25) is 0 Å². The van der Waals surface area contributed by atoms with E-state index in [2.05, 4.69) is 29.0 Å². The molecule has 3 heterocycles. The normalized spacial score (nSPS) is 22.6. The molecule has 53 heavy (non-hydrogen) atoms. The molecule has 0 radical (unpaired) electrons. The van der Waals surface area contributed by atoms with Crippen molar-refractivity contribution in [3.05, 3.63) is 52.3 Å². The summed E-state index contributed by atoms with van der Waals surface area (Å²) in [7, 11) is -0.772. The zero-order chi connectivity index (χ0) is 39.5. The van der Waals surface area contributed by atoms with Crippen molar-refractivity contribution in [3.63, 3.8) is 0 Å². The van der Waals surface area contributed by atoms with E-state index >= 15 is 0 Å². The predicted octanol–water partition coefficient (Wildman–Crippen LogP) is 8.53. The van der Waals surface area contributed by atoms with Crippen molar-refractivity contribution in [3.8, 4) is 0 Å². The number of hydrogen-bond donors (Lipinski definition) is 1. The molecule has 3 aliphatic rings. The van der Waals surface area contributed by atoms with Crippen LogP contribution in [0.1, 0.15) is 107 Å². The molecule has 3 aliphatic heterocycles. The number of esters is 2. The van der Waals surface area contributed by atoms with Crippen LogP contribution >= 0.6 is 10.9 Å². The van der Waals surface area contributed by atoms with Crippen molar-refractivity contribution in [1.29, 1.82) is 0 Å². The summed E-state index contributed by atoms with van der Waals surface area (Å²) >= 11 is 0. The molecule has 1 aromatic carbocycles. The fourth-order valence-corrected chi connectivity index (χ4v) is 9.07. The zero-order valence-corrected chi connectivity index (χ0v) is 35.0. The van der Waals surface area contributed by atoms with Gasteiger partial charge in [0.1, 0.15) is 22.4 Å². The summed E-state index contributed by atoms with van der Waals surface area (Å²) < 4.78 is 23.1. The summed E-state index contributed by atoms with van der Waals surface area (Å²) in [6.07, 6.45) is 3.31. The molecule has 1 aromatic rings. The number of hydrogen-bond acceptors (Lipinski definition) is 8. The first-order chi connectivity index (χ1) is 24.4.